The summed E-state index contributed by atoms with van der Waals surface area (Å²) in [6.45, 7) is 7.56. The molecule has 1 aromatic carbocycles. The lowest BCUT2D eigenvalue weighted by Crippen LogP contribution is -2.48. The van der Waals surface area contributed by atoms with Gasteiger partial charge in [-0.3, -0.25) is 9.59 Å². The van der Waals surface area contributed by atoms with Crippen LogP contribution in [0.15, 0.2) is 24.3 Å². The molecule has 1 aliphatic rings. The number of nitrogens with two attached hydrogens (primary N) is 1. The lowest BCUT2D eigenvalue weighted by Gasteiger charge is -2.22. The number of carbonyl (C=O) groups is 2. The van der Waals surface area contributed by atoms with E-state index in [-0.39, 0.29) is 11.8 Å². The van der Waals surface area contributed by atoms with E-state index in [1.54, 1.807) is 24.3 Å². The van der Waals surface area contributed by atoms with Crippen LogP contribution in [0.4, 0.5) is 5.69 Å². The molecule has 2 rings (SSSR count). The molecule has 2 amide bonds. The van der Waals surface area contributed by atoms with Crippen LogP contribution in [0, 0.1) is 0 Å². The van der Waals surface area contributed by atoms with Gasteiger partial charge in [-0.05, 0) is 44.1 Å². The molecule has 0 aliphatic heterocycles. The molecule has 1 aromatic rings. The summed E-state index contributed by atoms with van der Waals surface area (Å²) in [6.07, 6.45) is 3.40. The molecule has 0 bridgehead atoms. The first-order valence-electron chi connectivity index (χ1n) is 9.19. The molecule has 1 saturated carbocycles. The molecule has 138 valence electrons. The van der Waals surface area contributed by atoms with Crippen molar-refractivity contribution in [2.24, 2.45) is 5.73 Å². The standard InChI is InChI=1S/C19H30N4O2/c1-3-23(4-2)13-12-21-17(24)15-8-7-9-16(14-15)22-18(25)19(20)10-5-6-11-19/h7-9,14H,3-6,10-13,20H2,1-2H3,(H,21,24)(H,22,25). The van der Waals surface area contributed by atoms with Crippen molar-refractivity contribution in [3.8, 4) is 0 Å². The van der Waals surface area contributed by atoms with Gasteiger partial charge in [-0.15, -0.1) is 0 Å². The molecule has 0 spiro atoms. The summed E-state index contributed by atoms with van der Waals surface area (Å²) in [7, 11) is 0. The topological polar surface area (TPSA) is 87.5 Å². The van der Waals surface area contributed by atoms with Gasteiger partial charge in [0.25, 0.3) is 5.91 Å². The van der Waals surface area contributed by atoms with Crippen LogP contribution in [0.2, 0.25) is 0 Å². The zero-order chi connectivity index (χ0) is 18.3. The second-order valence-electron chi connectivity index (χ2n) is 6.68. The number of hydrogen-bond acceptors (Lipinski definition) is 4. The predicted octanol–water partition coefficient (Wildman–Crippen LogP) is 1.97. The smallest absolute Gasteiger partial charge is 0.251 e. The van der Waals surface area contributed by atoms with Crippen LogP contribution in [-0.4, -0.2) is 48.4 Å². The number of nitrogens with zero attached hydrogens (tertiary/aromatic N) is 1. The Morgan fingerprint density at radius 2 is 1.88 bits per heavy atom. The molecule has 25 heavy (non-hydrogen) atoms. The van der Waals surface area contributed by atoms with E-state index in [1.807, 2.05) is 0 Å². The Morgan fingerprint density at radius 3 is 2.52 bits per heavy atom. The summed E-state index contributed by atoms with van der Waals surface area (Å²) in [5.74, 6) is -0.296. The van der Waals surface area contributed by atoms with Gasteiger partial charge in [0.05, 0.1) is 5.54 Å². The second kappa shape index (κ2) is 8.97. The number of carbonyl (C=O) groups excluding carboxylic acids is 2. The van der Waals surface area contributed by atoms with Crippen LogP contribution in [0.25, 0.3) is 0 Å². The van der Waals surface area contributed by atoms with Gasteiger partial charge in [-0.25, -0.2) is 0 Å². The number of amides is 2. The van der Waals surface area contributed by atoms with Gasteiger partial charge < -0.3 is 21.3 Å². The zero-order valence-electron chi connectivity index (χ0n) is 15.3. The van der Waals surface area contributed by atoms with E-state index < -0.39 is 5.54 Å². The van der Waals surface area contributed by atoms with E-state index in [2.05, 4.69) is 29.4 Å². The summed E-state index contributed by atoms with van der Waals surface area (Å²) in [5, 5.41) is 5.78. The number of nitrogens with one attached hydrogen (secondary N) is 2. The number of likely N-dealkylation sites (N-methyl/N-ethyl adjacent to an activating group) is 1. The van der Waals surface area contributed by atoms with Crippen molar-refractivity contribution >= 4 is 17.5 Å². The van der Waals surface area contributed by atoms with Crippen molar-refractivity contribution in [3.05, 3.63) is 29.8 Å². The minimum Gasteiger partial charge on any atom is -0.351 e. The SMILES string of the molecule is CCN(CC)CCNC(=O)c1cccc(NC(=O)C2(N)CCCC2)c1. The Labute approximate surface area is 150 Å². The average Bonchev–Trinajstić information content (AvgIpc) is 3.07. The summed E-state index contributed by atoms with van der Waals surface area (Å²) in [5.41, 5.74) is 6.54. The molecule has 0 aromatic heterocycles. The third-order valence-electron chi connectivity index (χ3n) is 4.94. The maximum Gasteiger partial charge on any atom is 0.251 e. The third-order valence-corrected chi connectivity index (χ3v) is 4.94. The quantitative estimate of drug-likeness (QED) is 0.671. The van der Waals surface area contributed by atoms with Crippen molar-refractivity contribution in [2.75, 3.05) is 31.5 Å². The molecule has 6 heteroatoms. The highest BCUT2D eigenvalue weighted by atomic mass is 16.2. The van der Waals surface area contributed by atoms with Crippen LogP contribution in [0.3, 0.4) is 0 Å². The fraction of sp³-hybridized carbons (Fsp3) is 0.579. The van der Waals surface area contributed by atoms with Gasteiger partial charge in [0.1, 0.15) is 0 Å². The second-order valence-corrected chi connectivity index (χ2v) is 6.68. The molecular weight excluding hydrogens is 316 g/mol. The summed E-state index contributed by atoms with van der Waals surface area (Å²) in [6, 6.07) is 6.99. The molecule has 1 aliphatic carbocycles. The Balaban J connectivity index is 1.91. The van der Waals surface area contributed by atoms with Gasteiger partial charge in [0, 0.05) is 24.3 Å². The van der Waals surface area contributed by atoms with Crippen LogP contribution in [-0.2, 0) is 4.79 Å². The monoisotopic (exact) mass is 346 g/mol. The van der Waals surface area contributed by atoms with Crippen LogP contribution in [0.1, 0.15) is 49.9 Å². The number of benzene rings is 1. The first-order valence-corrected chi connectivity index (χ1v) is 9.19. The van der Waals surface area contributed by atoms with Crippen molar-refractivity contribution in [2.45, 2.75) is 45.1 Å². The number of hydrogen-bond donors (Lipinski definition) is 3. The molecule has 1 fully saturated rings. The van der Waals surface area contributed by atoms with Gasteiger partial charge in [-0.2, -0.15) is 0 Å². The molecular formula is C19H30N4O2. The minimum absolute atomic E-state index is 0.133. The van der Waals surface area contributed by atoms with E-state index in [9.17, 15) is 9.59 Å². The van der Waals surface area contributed by atoms with E-state index in [0.717, 1.165) is 32.5 Å². The average molecular weight is 346 g/mol. The lowest BCUT2D eigenvalue weighted by atomic mass is 9.98. The molecule has 4 N–H and O–H groups in total. The van der Waals surface area contributed by atoms with E-state index in [4.69, 9.17) is 5.73 Å². The van der Waals surface area contributed by atoms with E-state index in [0.29, 0.717) is 30.6 Å². The molecule has 0 atom stereocenters. The maximum atomic E-state index is 12.4. The predicted molar refractivity (Wildman–Crippen MR) is 101 cm³/mol. The molecule has 0 unspecified atom stereocenters. The molecule has 6 nitrogen and oxygen atoms in total. The van der Waals surface area contributed by atoms with Crippen molar-refractivity contribution in [1.82, 2.24) is 10.2 Å². The summed E-state index contributed by atoms with van der Waals surface area (Å²) < 4.78 is 0. The van der Waals surface area contributed by atoms with Gasteiger partial charge in [0.2, 0.25) is 5.91 Å². The molecule has 0 saturated heterocycles. The fourth-order valence-electron chi connectivity index (χ4n) is 3.20. The van der Waals surface area contributed by atoms with Crippen molar-refractivity contribution < 1.29 is 9.59 Å². The molecule has 0 radical (unpaired) electrons. The van der Waals surface area contributed by atoms with E-state index >= 15 is 0 Å². The Hall–Kier alpha value is -1.92. The van der Waals surface area contributed by atoms with E-state index in [1.165, 1.54) is 0 Å². The van der Waals surface area contributed by atoms with Crippen LogP contribution in [0.5, 0.6) is 0 Å². The highest BCUT2D eigenvalue weighted by Crippen LogP contribution is 2.28. The van der Waals surface area contributed by atoms with Gasteiger partial charge in [-0.1, -0.05) is 32.8 Å². The highest BCUT2D eigenvalue weighted by Gasteiger charge is 2.36. The highest BCUT2D eigenvalue weighted by molar-refractivity contribution is 6.00. The fourth-order valence-corrected chi connectivity index (χ4v) is 3.20. The largest absolute Gasteiger partial charge is 0.351 e. The number of rotatable bonds is 8. The van der Waals surface area contributed by atoms with Crippen LogP contribution >= 0.6 is 0 Å². The Kier molecular flexibility index (Phi) is 6.96. The minimum atomic E-state index is -0.776. The summed E-state index contributed by atoms with van der Waals surface area (Å²) in [4.78, 5) is 26.9. The third kappa shape index (κ3) is 5.28. The maximum absolute atomic E-state index is 12.4. The Morgan fingerprint density at radius 1 is 1.20 bits per heavy atom. The first kappa shape index (κ1) is 19.4. The van der Waals surface area contributed by atoms with Gasteiger partial charge in [0.15, 0.2) is 0 Å². The van der Waals surface area contributed by atoms with Crippen molar-refractivity contribution in [1.29, 1.82) is 0 Å². The zero-order valence-corrected chi connectivity index (χ0v) is 15.3. The summed E-state index contributed by atoms with van der Waals surface area (Å²) >= 11 is 0. The molecule has 0 heterocycles. The van der Waals surface area contributed by atoms with Gasteiger partial charge >= 0.3 is 0 Å². The lowest BCUT2D eigenvalue weighted by molar-refractivity contribution is -0.121. The van der Waals surface area contributed by atoms with Crippen molar-refractivity contribution in [3.63, 3.8) is 0 Å². The van der Waals surface area contributed by atoms with Crippen LogP contribution < -0.4 is 16.4 Å². The Bertz CT molecular complexity index is 593. The number of anilines is 1. The first-order chi connectivity index (χ1) is 12.0. The normalized spacial score (nSPS) is 16.0.